The van der Waals surface area contributed by atoms with Crippen LogP contribution in [0, 0.1) is 17.1 Å². The molecule has 1 saturated heterocycles. The van der Waals surface area contributed by atoms with E-state index >= 15 is 0 Å². The molecule has 0 bridgehead atoms. The van der Waals surface area contributed by atoms with Crippen LogP contribution in [0.15, 0.2) is 22.7 Å². The Labute approximate surface area is 115 Å². The van der Waals surface area contributed by atoms with Crippen LogP contribution in [0.1, 0.15) is 18.4 Å². The van der Waals surface area contributed by atoms with E-state index in [0.717, 1.165) is 38.0 Å². The van der Waals surface area contributed by atoms with E-state index in [9.17, 15) is 4.39 Å². The van der Waals surface area contributed by atoms with Gasteiger partial charge in [0, 0.05) is 12.5 Å². The molecule has 1 aromatic rings. The van der Waals surface area contributed by atoms with Gasteiger partial charge in [0.25, 0.3) is 0 Å². The van der Waals surface area contributed by atoms with Crippen LogP contribution in [-0.2, 0) is 6.54 Å². The number of rotatable bonds is 3. The molecule has 1 aliphatic heterocycles. The standard InChI is InChI=1S/C13H17BrFN3/c14-11-7-9(1-2-12(11)15)8-18-5-3-10(4-6-18)13(16)17/h1-2,7,10H,3-6,8H2,(H3,16,17). The van der Waals surface area contributed by atoms with Crippen molar-refractivity contribution in [2.24, 2.45) is 11.7 Å². The second-order valence-electron chi connectivity index (χ2n) is 4.75. The molecule has 1 aliphatic rings. The van der Waals surface area contributed by atoms with Gasteiger partial charge in [-0.3, -0.25) is 10.3 Å². The number of nitrogens with one attached hydrogen (secondary N) is 1. The van der Waals surface area contributed by atoms with Crippen molar-refractivity contribution < 1.29 is 4.39 Å². The summed E-state index contributed by atoms with van der Waals surface area (Å²) < 4.78 is 13.6. The molecule has 0 aliphatic carbocycles. The summed E-state index contributed by atoms with van der Waals surface area (Å²) in [6, 6.07) is 5.13. The maximum absolute atomic E-state index is 13.1. The van der Waals surface area contributed by atoms with Crippen molar-refractivity contribution in [3.05, 3.63) is 34.1 Å². The van der Waals surface area contributed by atoms with Gasteiger partial charge >= 0.3 is 0 Å². The minimum Gasteiger partial charge on any atom is -0.387 e. The van der Waals surface area contributed by atoms with E-state index in [4.69, 9.17) is 11.1 Å². The van der Waals surface area contributed by atoms with Crippen molar-refractivity contribution in [1.29, 1.82) is 5.41 Å². The number of benzene rings is 1. The van der Waals surface area contributed by atoms with Gasteiger partial charge in [0.1, 0.15) is 5.82 Å². The number of nitrogens with two attached hydrogens (primary N) is 1. The van der Waals surface area contributed by atoms with Crippen LogP contribution in [0.5, 0.6) is 0 Å². The van der Waals surface area contributed by atoms with Crippen LogP contribution in [-0.4, -0.2) is 23.8 Å². The molecule has 0 amide bonds. The molecule has 0 spiro atoms. The number of hydrogen-bond donors (Lipinski definition) is 2. The molecule has 0 aromatic heterocycles. The van der Waals surface area contributed by atoms with Crippen LogP contribution in [0.25, 0.3) is 0 Å². The van der Waals surface area contributed by atoms with E-state index in [1.54, 1.807) is 0 Å². The number of halogens is 2. The third kappa shape index (κ3) is 3.29. The molecular formula is C13H17BrFN3. The number of nitrogens with zero attached hydrogens (tertiary/aromatic N) is 1. The molecule has 0 radical (unpaired) electrons. The van der Waals surface area contributed by atoms with E-state index < -0.39 is 0 Å². The first kappa shape index (κ1) is 13.5. The molecule has 1 heterocycles. The summed E-state index contributed by atoms with van der Waals surface area (Å²) in [5, 5.41) is 7.44. The first-order valence-electron chi connectivity index (χ1n) is 6.06. The number of hydrogen-bond acceptors (Lipinski definition) is 2. The second-order valence-corrected chi connectivity index (χ2v) is 5.61. The Morgan fingerprint density at radius 1 is 1.44 bits per heavy atom. The Morgan fingerprint density at radius 3 is 2.67 bits per heavy atom. The lowest BCUT2D eigenvalue weighted by Gasteiger charge is -2.31. The second kappa shape index (κ2) is 5.80. The lowest BCUT2D eigenvalue weighted by molar-refractivity contribution is 0.201. The van der Waals surface area contributed by atoms with Crippen LogP contribution in [0.2, 0.25) is 0 Å². The Balaban J connectivity index is 1.91. The highest BCUT2D eigenvalue weighted by atomic mass is 79.9. The lowest BCUT2D eigenvalue weighted by atomic mass is 9.95. The van der Waals surface area contributed by atoms with E-state index in [-0.39, 0.29) is 11.7 Å². The highest BCUT2D eigenvalue weighted by Crippen LogP contribution is 2.21. The highest BCUT2D eigenvalue weighted by molar-refractivity contribution is 9.10. The third-order valence-corrected chi connectivity index (χ3v) is 4.03. The lowest BCUT2D eigenvalue weighted by Crippen LogP contribution is -2.37. The highest BCUT2D eigenvalue weighted by Gasteiger charge is 2.21. The van der Waals surface area contributed by atoms with Crippen molar-refractivity contribution in [1.82, 2.24) is 4.90 Å². The monoisotopic (exact) mass is 313 g/mol. The average Bonchev–Trinajstić information content (AvgIpc) is 2.34. The van der Waals surface area contributed by atoms with E-state index in [1.165, 1.54) is 6.07 Å². The number of amidine groups is 1. The predicted molar refractivity (Wildman–Crippen MR) is 74.0 cm³/mol. The molecule has 18 heavy (non-hydrogen) atoms. The van der Waals surface area contributed by atoms with Crippen molar-refractivity contribution in [3.63, 3.8) is 0 Å². The van der Waals surface area contributed by atoms with Gasteiger partial charge in [0.05, 0.1) is 10.3 Å². The maximum atomic E-state index is 13.1. The molecule has 0 saturated carbocycles. The summed E-state index contributed by atoms with van der Waals surface area (Å²) >= 11 is 3.20. The normalized spacial score (nSPS) is 17.9. The molecule has 0 atom stereocenters. The molecule has 0 unspecified atom stereocenters. The Bertz CT molecular complexity index is 442. The minimum absolute atomic E-state index is 0.228. The molecule has 2 rings (SSSR count). The molecule has 3 N–H and O–H groups in total. The molecular weight excluding hydrogens is 297 g/mol. The fraction of sp³-hybridized carbons (Fsp3) is 0.462. The van der Waals surface area contributed by atoms with Crippen molar-refractivity contribution in [2.75, 3.05) is 13.1 Å². The maximum Gasteiger partial charge on any atom is 0.137 e. The summed E-state index contributed by atoms with van der Waals surface area (Å²) in [7, 11) is 0. The zero-order valence-electron chi connectivity index (χ0n) is 10.1. The van der Waals surface area contributed by atoms with Gasteiger partial charge in [-0.25, -0.2) is 4.39 Å². The van der Waals surface area contributed by atoms with Crippen molar-refractivity contribution in [2.45, 2.75) is 19.4 Å². The summed E-state index contributed by atoms with van der Waals surface area (Å²) in [6.45, 7) is 2.71. The number of piperidine rings is 1. The van der Waals surface area contributed by atoms with Crippen molar-refractivity contribution in [3.8, 4) is 0 Å². The summed E-state index contributed by atoms with van der Waals surface area (Å²) in [6.07, 6.45) is 1.88. The Hall–Kier alpha value is -0.940. The van der Waals surface area contributed by atoms with Crippen LogP contribution in [0.4, 0.5) is 4.39 Å². The van der Waals surface area contributed by atoms with Gasteiger partial charge in [-0.15, -0.1) is 0 Å². The van der Waals surface area contributed by atoms with E-state index in [1.807, 2.05) is 12.1 Å². The zero-order valence-corrected chi connectivity index (χ0v) is 11.7. The minimum atomic E-state index is -0.228. The van der Waals surface area contributed by atoms with Gasteiger partial charge in [-0.1, -0.05) is 6.07 Å². The van der Waals surface area contributed by atoms with Crippen molar-refractivity contribution >= 4 is 21.8 Å². The SMILES string of the molecule is N=C(N)C1CCN(Cc2ccc(F)c(Br)c2)CC1. The Morgan fingerprint density at radius 2 is 2.11 bits per heavy atom. The fourth-order valence-electron chi connectivity index (χ4n) is 2.30. The largest absolute Gasteiger partial charge is 0.387 e. The zero-order chi connectivity index (χ0) is 13.1. The first-order valence-corrected chi connectivity index (χ1v) is 6.86. The van der Waals surface area contributed by atoms with Gasteiger partial charge < -0.3 is 5.73 Å². The average molecular weight is 314 g/mol. The molecule has 98 valence electrons. The smallest absolute Gasteiger partial charge is 0.137 e. The number of likely N-dealkylation sites (tertiary alicyclic amines) is 1. The molecule has 5 heteroatoms. The molecule has 1 fully saturated rings. The molecule has 3 nitrogen and oxygen atoms in total. The van der Waals surface area contributed by atoms with Gasteiger partial charge in [0.15, 0.2) is 0 Å². The fourth-order valence-corrected chi connectivity index (χ4v) is 2.72. The Kier molecular flexibility index (Phi) is 4.35. The van der Waals surface area contributed by atoms with Gasteiger partial charge in [-0.2, -0.15) is 0 Å². The summed E-state index contributed by atoms with van der Waals surface area (Å²) in [4.78, 5) is 2.32. The van der Waals surface area contributed by atoms with Gasteiger partial charge in [-0.05, 0) is 59.6 Å². The molecule has 1 aromatic carbocycles. The summed E-state index contributed by atoms with van der Waals surface area (Å²) in [5.41, 5.74) is 6.62. The topological polar surface area (TPSA) is 53.1 Å². The van der Waals surface area contributed by atoms with Crippen LogP contribution < -0.4 is 5.73 Å². The first-order chi connectivity index (χ1) is 8.56. The van der Waals surface area contributed by atoms with E-state index in [0.29, 0.717) is 10.3 Å². The quantitative estimate of drug-likeness (QED) is 0.666. The van der Waals surface area contributed by atoms with E-state index in [2.05, 4.69) is 20.8 Å². The van der Waals surface area contributed by atoms with Crippen LogP contribution >= 0.6 is 15.9 Å². The predicted octanol–water partition coefficient (Wildman–Crippen LogP) is 2.74. The van der Waals surface area contributed by atoms with Crippen LogP contribution in [0.3, 0.4) is 0 Å². The van der Waals surface area contributed by atoms with Gasteiger partial charge in [0.2, 0.25) is 0 Å². The third-order valence-electron chi connectivity index (χ3n) is 3.42. The summed E-state index contributed by atoms with van der Waals surface area (Å²) in [5.74, 6) is 0.314.